The van der Waals surface area contributed by atoms with Crippen molar-refractivity contribution in [2.24, 2.45) is 0 Å². The molecule has 136 valence electrons. The maximum atomic E-state index is 12.3. The van der Waals surface area contributed by atoms with Crippen molar-refractivity contribution in [3.05, 3.63) is 36.3 Å². The monoisotopic (exact) mass is 354 g/mol. The van der Waals surface area contributed by atoms with E-state index in [1.165, 1.54) is 0 Å². The molecule has 26 heavy (non-hydrogen) atoms. The molecule has 0 bridgehead atoms. The highest BCUT2D eigenvalue weighted by Gasteiger charge is 2.14. The summed E-state index contributed by atoms with van der Waals surface area (Å²) in [7, 11) is 0. The molecular formula is C17H22N8O. The first kappa shape index (κ1) is 17.6. The van der Waals surface area contributed by atoms with E-state index in [9.17, 15) is 4.79 Å². The second-order valence-corrected chi connectivity index (χ2v) is 6.50. The highest BCUT2D eigenvalue weighted by atomic mass is 16.2. The number of urea groups is 1. The van der Waals surface area contributed by atoms with Crippen LogP contribution < -0.4 is 10.6 Å². The number of amides is 2. The number of aromatic nitrogens is 6. The van der Waals surface area contributed by atoms with Gasteiger partial charge in [-0.25, -0.2) is 9.78 Å². The molecule has 3 aromatic rings. The molecule has 9 heteroatoms. The predicted octanol–water partition coefficient (Wildman–Crippen LogP) is 3.41. The van der Waals surface area contributed by atoms with Gasteiger partial charge in [-0.15, -0.1) is 10.2 Å². The van der Waals surface area contributed by atoms with E-state index in [0.717, 1.165) is 5.56 Å². The quantitative estimate of drug-likeness (QED) is 0.650. The third-order valence-electron chi connectivity index (χ3n) is 3.88. The Bertz CT molecular complexity index is 896. The van der Waals surface area contributed by atoms with Gasteiger partial charge in [-0.3, -0.25) is 15.7 Å². The van der Waals surface area contributed by atoms with E-state index in [2.05, 4.69) is 36.0 Å². The number of H-pyrrole nitrogens is 1. The van der Waals surface area contributed by atoms with E-state index in [-0.39, 0.29) is 12.0 Å². The van der Waals surface area contributed by atoms with Gasteiger partial charge in [0.15, 0.2) is 5.82 Å². The zero-order valence-corrected chi connectivity index (χ0v) is 15.2. The predicted molar refractivity (Wildman–Crippen MR) is 99.0 cm³/mol. The third kappa shape index (κ3) is 3.71. The molecule has 9 nitrogen and oxygen atoms in total. The molecule has 0 aromatic carbocycles. The first-order valence-corrected chi connectivity index (χ1v) is 8.44. The minimum absolute atomic E-state index is 0.205. The second-order valence-electron chi connectivity index (χ2n) is 6.50. The Morgan fingerprint density at radius 3 is 2.73 bits per heavy atom. The molecule has 3 rings (SSSR count). The molecular weight excluding hydrogens is 332 g/mol. The lowest BCUT2D eigenvalue weighted by molar-refractivity contribution is 0.262. The third-order valence-corrected chi connectivity index (χ3v) is 3.88. The number of nitrogens with zero attached hydrogens (tertiary/aromatic N) is 5. The molecule has 0 saturated heterocycles. The fourth-order valence-corrected chi connectivity index (χ4v) is 2.53. The zero-order valence-electron chi connectivity index (χ0n) is 15.2. The molecule has 0 radical (unpaired) electrons. The number of carbonyl (C=O) groups is 1. The van der Waals surface area contributed by atoms with Crippen LogP contribution in [0.5, 0.6) is 0 Å². The van der Waals surface area contributed by atoms with Crippen LogP contribution in [0.2, 0.25) is 0 Å². The van der Waals surface area contributed by atoms with Gasteiger partial charge >= 0.3 is 6.03 Å². The lowest BCUT2D eigenvalue weighted by Gasteiger charge is -2.11. The van der Waals surface area contributed by atoms with E-state index < -0.39 is 6.03 Å². The highest BCUT2D eigenvalue weighted by molar-refractivity contribution is 5.99. The standard InChI is InChI=1S/C17H22N8O/c1-10(2)12-8-18-23-15(12)22-17(26)21-14-7-5-6-13(20-14)16-24-19-9-25(16)11(3)4/h5-11H,1-4H3,(H3,18,20,21,22,23,26). The van der Waals surface area contributed by atoms with Crippen LogP contribution in [0.25, 0.3) is 11.5 Å². The molecule has 0 atom stereocenters. The summed E-state index contributed by atoms with van der Waals surface area (Å²) >= 11 is 0. The van der Waals surface area contributed by atoms with Crippen LogP contribution in [0.15, 0.2) is 30.7 Å². The van der Waals surface area contributed by atoms with Gasteiger partial charge in [0.05, 0.1) is 6.20 Å². The molecule has 3 heterocycles. The molecule has 0 fully saturated rings. The first-order valence-electron chi connectivity index (χ1n) is 8.44. The Hall–Kier alpha value is -3.23. The number of anilines is 2. The van der Waals surface area contributed by atoms with Crippen molar-refractivity contribution in [2.45, 2.75) is 39.7 Å². The SMILES string of the molecule is CC(C)c1cn[nH]c1NC(=O)Nc1cccc(-c2nncn2C(C)C)n1. The van der Waals surface area contributed by atoms with Crippen molar-refractivity contribution in [1.82, 2.24) is 29.9 Å². The summed E-state index contributed by atoms with van der Waals surface area (Å²) in [5, 5.41) is 20.3. The molecule has 3 aromatic heterocycles. The van der Waals surface area contributed by atoms with Crippen molar-refractivity contribution in [3.8, 4) is 11.5 Å². The summed E-state index contributed by atoms with van der Waals surface area (Å²) in [6.07, 6.45) is 3.37. The summed E-state index contributed by atoms with van der Waals surface area (Å²) < 4.78 is 1.92. The molecule has 0 aliphatic heterocycles. The summed E-state index contributed by atoms with van der Waals surface area (Å²) in [4.78, 5) is 16.7. The number of rotatable bonds is 5. The Morgan fingerprint density at radius 1 is 1.19 bits per heavy atom. The van der Waals surface area contributed by atoms with E-state index >= 15 is 0 Å². The van der Waals surface area contributed by atoms with Crippen LogP contribution in [0.4, 0.5) is 16.4 Å². The number of hydrogen-bond donors (Lipinski definition) is 3. The molecule has 0 saturated carbocycles. The Morgan fingerprint density at radius 2 is 2.00 bits per heavy atom. The smallest absolute Gasteiger partial charge is 0.310 e. The minimum Gasteiger partial charge on any atom is -0.310 e. The topological polar surface area (TPSA) is 113 Å². The molecule has 0 aliphatic rings. The lowest BCUT2D eigenvalue weighted by atomic mass is 10.1. The number of pyridine rings is 1. The van der Waals surface area contributed by atoms with Crippen LogP contribution >= 0.6 is 0 Å². The summed E-state index contributed by atoms with van der Waals surface area (Å²) in [6, 6.07) is 5.17. The van der Waals surface area contributed by atoms with Crippen molar-refractivity contribution in [3.63, 3.8) is 0 Å². The Labute approximate surface area is 151 Å². The molecule has 0 unspecified atom stereocenters. The van der Waals surface area contributed by atoms with Crippen LogP contribution in [0.3, 0.4) is 0 Å². The normalized spacial score (nSPS) is 11.2. The lowest BCUT2D eigenvalue weighted by Crippen LogP contribution is -2.21. The van der Waals surface area contributed by atoms with E-state index in [0.29, 0.717) is 23.2 Å². The van der Waals surface area contributed by atoms with Crippen molar-refractivity contribution in [2.75, 3.05) is 10.6 Å². The van der Waals surface area contributed by atoms with Gasteiger partial charge in [0.2, 0.25) is 0 Å². The van der Waals surface area contributed by atoms with Crippen molar-refractivity contribution in [1.29, 1.82) is 0 Å². The fourth-order valence-electron chi connectivity index (χ4n) is 2.53. The number of aromatic amines is 1. The van der Waals surface area contributed by atoms with Crippen LogP contribution in [-0.4, -0.2) is 36.0 Å². The van der Waals surface area contributed by atoms with E-state index in [4.69, 9.17) is 0 Å². The average molecular weight is 354 g/mol. The van der Waals surface area contributed by atoms with Gasteiger partial charge in [-0.05, 0) is 31.9 Å². The van der Waals surface area contributed by atoms with Gasteiger partial charge in [-0.1, -0.05) is 19.9 Å². The molecule has 0 spiro atoms. The molecule has 0 aliphatic carbocycles. The molecule has 2 amide bonds. The Balaban J connectivity index is 1.75. The van der Waals surface area contributed by atoms with Gasteiger partial charge < -0.3 is 4.57 Å². The van der Waals surface area contributed by atoms with Gasteiger partial charge in [0.1, 0.15) is 23.7 Å². The minimum atomic E-state index is -0.397. The van der Waals surface area contributed by atoms with Gasteiger partial charge in [-0.2, -0.15) is 5.10 Å². The summed E-state index contributed by atoms with van der Waals surface area (Å²) in [5.74, 6) is 1.89. The van der Waals surface area contributed by atoms with Crippen LogP contribution in [0, 0.1) is 0 Å². The maximum absolute atomic E-state index is 12.3. The molecule has 3 N–H and O–H groups in total. The van der Waals surface area contributed by atoms with Crippen molar-refractivity contribution < 1.29 is 4.79 Å². The van der Waals surface area contributed by atoms with Gasteiger partial charge in [0.25, 0.3) is 0 Å². The maximum Gasteiger partial charge on any atom is 0.326 e. The van der Waals surface area contributed by atoms with Gasteiger partial charge in [0, 0.05) is 11.6 Å². The average Bonchev–Trinajstić information content (AvgIpc) is 3.23. The zero-order chi connectivity index (χ0) is 18.7. The van der Waals surface area contributed by atoms with E-state index in [1.807, 2.05) is 44.4 Å². The number of carbonyl (C=O) groups excluding carboxylic acids is 1. The summed E-state index contributed by atoms with van der Waals surface area (Å²) in [6.45, 7) is 8.14. The second kappa shape index (κ2) is 7.34. The Kier molecular flexibility index (Phi) is 4.97. The van der Waals surface area contributed by atoms with Crippen LogP contribution in [-0.2, 0) is 0 Å². The van der Waals surface area contributed by atoms with Crippen molar-refractivity contribution >= 4 is 17.7 Å². The summed E-state index contributed by atoms with van der Waals surface area (Å²) in [5.41, 5.74) is 1.57. The first-order chi connectivity index (χ1) is 12.5. The largest absolute Gasteiger partial charge is 0.326 e. The van der Waals surface area contributed by atoms with Crippen LogP contribution in [0.1, 0.15) is 45.2 Å². The number of nitrogens with one attached hydrogen (secondary N) is 3. The highest BCUT2D eigenvalue weighted by Crippen LogP contribution is 2.22. The van der Waals surface area contributed by atoms with E-state index in [1.54, 1.807) is 18.6 Å². The number of hydrogen-bond acceptors (Lipinski definition) is 5. The fraction of sp³-hybridized carbons (Fsp3) is 0.353.